The van der Waals surface area contributed by atoms with Crippen molar-refractivity contribution in [3.63, 3.8) is 0 Å². The van der Waals surface area contributed by atoms with E-state index in [4.69, 9.17) is 15.2 Å². The van der Waals surface area contributed by atoms with Gasteiger partial charge in [-0.15, -0.1) is 11.3 Å². The first-order valence-electron chi connectivity index (χ1n) is 7.37. The highest BCUT2D eigenvalue weighted by Crippen LogP contribution is 2.29. The molecular formula is C16H19N3O3S. The number of nitrogens with one attached hydrogen (secondary N) is 1. The third-order valence-corrected chi connectivity index (χ3v) is 4.89. The Hall–Kier alpha value is -2.28. The van der Waals surface area contributed by atoms with Crippen molar-refractivity contribution in [2.24, 2.45) is 0 Å². The maximum Gasteiger partial charge on any atom is 0.251 e. The third kappa shape index (κ3) is 3.24. The number of carbonyl (C=O) groups is 1. The summed E-state index contributed by atoms with van der Waals surface area (Å²) in [5.41, 5.74) is 7.38. The fraction of sp³-hybridized carbons (Fsp3) is 0.375. The lowest BCUT2D eigenvalue weighted by Gasteiger charge is -2.22. The van der Waals surface area contributed by atoms with E-state index >= 15 is 0 Å². The summed E-state index contributed by atoms with van der Waals surface area (Å²) in [7, 11) is 3.12. The van der Waals surface area contributed by atoms with Crippen LogP contribution in [0, 0.1) is 0 Å². The smallest absolute Gasteiger partial charge is 0.251 e. The molecule has 1 aliphatic rings. The molecule has 1 heterocycles. The number of hydrogen-bond donors (Lipinski definition) is 2. The Morgan fingerprint density at radius 1 is 1.35 bits per heavy atom. The molecule has 7 heteroatoms. The molecule has 0 aliphatic heterocycles. The van der Waals surface area contributed by atoms with Gasteiger partial charge in [0.15, 0.2) is 16.6 Å². The van der Waals surface area contributed by atoms with Crippen molar-refractivity contribution in [3.8, 4) is 11.5 Å². The van der Waals surface area contributed by atoms with Crippen LogP contribution >= 0.6 is 11.3 Å². The van der Waals surface area contributed by atoms with Crippen molar-refractivity contribution >= 4 is 22.4 Å². The normalized spacial score (nSPS) is 16.5. The molecule has 1 atom stereocenters. The number of amides is 1. The number of anilines is 1. The number of hydrogen-bond acceptors (Lipinski definition) is 6. The molecule has 23 heavy (non-hydrogen) atoms. The van der Waals surface area contributed by atoms with E-state index in [-0.39, 0.29) is 11.9 Å². The first kappa shape index (κ1) is 15.6. The van der Waals surface area contributed by atoms with Gasteiger partial charge in [0, 0.05) is 22.9 Å². The topological polar surface area (TPSA) is 86.5 Å². The number of nitrogens with two attached hydrogens (primary N) is 1. The van der Waals surface area contributed by atoms with E-state index < -0.39 is 0 Å². The lowest BCUT2D eigenvalue weighted by molar-refractivity contribution is 0.0933. The molecule has 2 aromatic rings. The van der Waals surface area contributed by atoms with E-state index in [1.807, 2.05) is 0 Å². The SMILES string of the molecule is COc1ccc(C(=O)NC2CCc3nc(N)sc3C2)cc1OC. The molecule has 0 spiro atoms. The Kier molecular flexibility index (Phi) is 4.38. The van der Waals surface area contributed by atoms with Gasteiger partial charge in [-0.2, -0.15) is 0 Å². The van der Waals surface area contributed by atoms with Crippen LogP contribution in [0.1, 0.15) is 27.3 Å². The van der Waals surface area contributed by atoms with Gasteiger partial charge < -0.3 is 20.5 Å². The molecule has 0 saturated carbocycles. The van der Waals surface area contributed by atoms with Gasteiger partial charge in [-0.25, -0.2) is 4.98 Å². The summed E-state index contributed by atoms with van der Waals surface area (Å²) in [6, 6.07) is 5.25. The molecule has 3 N–H and O–H groups in total. The largest absolute Gasteiger partial charge is 0.493 e. The fourth-order valence-corrected chi connectivity index (χ4v) is 3.72. The van der Waals surface area contributed by atoms with Gasteiger partial charge in [-0.1, -0.05) is 0 Å². The lowest BCUT2D eigenvalue weighted by Crippen LogP contribution is -2.38. The summed E-state index contributed by atoms with van der Waals surface area (Å²) < 4.78 is 10.4. The standard InChI is InChI=1S/C16H19N3O3S/c1-21-12-6-3-9(7-13(12)22-2)15(20)18-10-4-5-11-14(8-10)23-16(17)19-11/h3,6-7,10H,4-5,8H2,1-2H3,(H2,17,19)(H,18,20). The Labute approximate surface area is 138 Å². The van der Waals surface area contributed by atoms with Crippen LogP contribution in [0.2, 0.25) is 0 Å². The quantitative estimate of drug-likeness (QED) is 0.894. The summed E-state index contributed by atoms with van der Waals surface area (Å²) in [5, 5.41) is 3.68. The van der Waals surface area contributed by atoms with Crippen LogP contribution in [-0.2, 0) is 12.8 Å². The number of aryl methyl sites for hydroxylation is 1. The molecule has 0 saturated heterocycles. The van der Waals surface area contributed by atoms with Crippen LogP contribution in [0.4, 0.5) is 5.13 Å². The summed E-state index contributed by atoms with van der Waals surface area (Å²) in [6.07, 6.45) is 2.50. The summed E-state index contributed by atoms with van der Waals surface area (Å²) in [4.78, 5) is 17.9. The second-order valence-electron chi connectivity index (χ2n) is 5.40. The van der Waals surface area contributed by atoms with Gasteiger partial charge >= 0.3 is 0 Å². The minimum absolute atomic E-state index is 0.1000. The molecular weight excluding hydrogens is 314 g/mol. The number of thiazole rings is 1. The van der Waals surface area contributed by atoms with Crippen LogP contribution in [0.25, 0.3) is 0 Å². The summed E-state index contributed by atoms with van der Waals surface area (Å²) in [6.45, 7) is 0. The molecule has 122 valence electrons. The molecule has 1 amide bonds. The molecule has 1 unspecified atom stereocenters. The lowest BCUT2D eigenvalue weighted by atomic mass is 9.97. The van der Waals surface area contributed by atoms with Gasteiger partial charge in [0.05, 0.1) is 19.9 Å². The van der Waals surface area contributed by atoms with E-state index in [0.717, 1.165) is 25.0 Å². The maximum absolute atomic E-state index is 12.5. The predicted octanol–water partition coefficient (Wildman–Crippen LogP) is 2.03. The number of benzene rings is 1. The highest BCUT2D eigenvalue weighted by Gasteiger charge is 2.24. The number of rotatable bonds is 4. The van der Waals surface area contributed by atoms with Crippen LogP contribution < -0.4 is 20.5 Å². The number of methoxy groups -OCH3 is 2. The summed E-state index contributed by atoms with van der Waals surface area (Å²) in [5.74, 6) is 1.03. The van der Waals surface area contributed by atoms with E-state index in [0.29, 0.717) is 22.2 Å². The van der Waals surface area contributed by atoms with Gasteiger partial charge in [-0.3, -0.25) is 4.79 Å². The average molecular weight is 333 g/mol. The monoisotopic (exact) mass is 333 g/mol. The maximum atomic E-state index is 12.5. The van der Waals surface area contributed by atoms with Crippen molar-refractivity contribution in [3.05, 3.63) is 34.3 Å². The molecule has 1 aromatic heterocycles. The highest BCUT2D eigenvalue weighted by atomic mass is 32.1. The van der Waals surface area contributed by atoms with E-state index in [2.05, 4.69) is 10.3 Å². The van der Waals surface area contributed by atoms with Crippen molar-refractivity contribution in [2.75, 3.05) is 20.0 Å². The zero-order valence-corrected chi connectivity index (χ0v) is 13.9. The third-order valence-electron chi connectivity index (χ3n) is 3.94. The Morgan fingerprint density at radius 2 is 2.13 bits per heavy atom. The fourth-order valence-electron chi connectivity index (χ4n) is 2.76. The zero-order valence-electron chi connectivity index (χ0n) is 13.1. The number of ether oxygens (including phenoxy) is 2. The first-order valence-corrected chi connectivity index (χ1v) is 8.19. The first-order chi connectivity index (χ1) is 11.1. The second-order valence-corrected chi connectivity index (χ2v) is 6.52. The Morgan fingerprint density at radius 3 is 2.87 bits per heavy atom. The Bertz CT molecular complexity index is 729. The van der Waals surface area contributed by atoms with Crippen molar-refractivity contribution < 1.29 is 14.3 Å². The van der Waals surface area contributed by atoms with E-state index in [9.17, 15) is 4.79 Å². The zero-order chi connectivity index (χ0) is 16.4. The Balaban J connectivity index is 1.70. The van der Waals surface area contributed by atoms with Gasteiger partial charge in [0.2, 0.25) is 0 Å². The minimum Gasteiger partial charge on any atom is -0.493 e. The highest BCUT2D eigenvalue weighted by molar-refractivity contribution is 7.15. The number of fused-ring (bicyclic) bond motifs is 1. The van der Waals surface area contributed by atoms with Crippen molar-refractivity contribution in [2.45, 2.75) is 25.3 Å². The average Bonchev–Trinajstić information content (AvgIpc) is 2.93. The van der Waals surface area contributed by atoms with Crippen LogP contribution in [0.3, 0.4) is 0 Å². The van der Waals surface area contributed by atoms with Gasteiger partial charge in [0.1, 0.15) is 0 Å². The van der Waals surface area contributed by atoms with Crippen LogP contribution in [0.5, 0.6) is 11.5 Å². The van der Waals surface area contributed by atoms with Crippen LogP contribution in [-0.4, -0.2) is 31.2 Å². The predicted molar refractivity (Wildman–Crippen MR) is 89.4 cm³/mol. The molecule has 0 fully saturated rings. The van der Waals surface area contributed by atoms with Crippen LogP contribution in [0.15, 0.2) is 18.2 Å². The number of nitrogen functional groups attached to an aromatic ring is 1. The molecule has 1 aromatic carbocycles. The molecule has 3 rings (SSSR count). The van der Waals surface area contributed by atoms with Crippen molar-refractivity contribution in [1.29, 1.82) is 0 Å². The number of carbonyl (C=O) groups excluding carboxylic acids is 1. The summed E-state index contributed by atoms with van der Waals surface area (Å²) >= 11 is 1.51. The molecule has 0 radical (unpaired) electrons. The van der Waals surface area contributed by atoms with E-state index in [1.165, 1.54) is 16.2 Å². The number of aromatic nitrogens is 1. The van der Waals surface area contributed by atoms with Gasteiger partial charge in [0.25, 0.3) is 5.91 Å². The minimum atomic E-state index is -0.114. The van der Waals surface area contributed by atoms with Gasteiger partial charge in [-0.05, 0) is 31.0 Å². The second kappa shape index (κ2) is 6.45. The molecule has 6 nitrogen and oxygen atoms in total. The van der Waals surface area contributed by atoms with Crippen molar-refractivity contribution in [1.82, 2.24) is 10.3 Å². The molecule has 1 aliphatic carbocycles. The van der Waals surface area contributed by atoms with E-state index in [1.54, 1.807) is 32.4 Å². The molecule has 0 bridgehead atoms. The number of nitrogens with zero attached hydrogens (tertiary/aromatic N) is 1.